The van der Waals surface area contributed by atoms with E-state index in [0.717, 1.165) is 11.4 Å². The molecule has 0 fully saturated rings. The van der Waals surface area contributed by atoms with Gasteiger partial charge in [-0.15, -0.1) is 0 Å². The third-order valence-electron chi connectivity index (χ3n) is 4.28. The van der Waals surface area contributed by atoms with E-state index in [0.29, 0.717) is 41.2 Å². The van der Waals surface area contributed by atoms with Crippen LogP contribution in [-0.2, 0) is 19.6 Å². The molecular formula is C20H16BrFN2O3. The van der Waals surface area contributed by atoms with Crippen molar-refractivity contribution in [1.82, 2.24) is 9.88 Å². The molecule has 2 aromatic carbocycles. The van der Waals surface area contributed by atoms with Crippen LogP contribution in [0.25, 0.3) is 0 Å². The smallest absolute Gasteiger partial charge is 0.254 e. The van der Waals surface area contributed by atoms with E-state index < -0.39 is 5.82 Å². The number of hydrogen-bond acceptors (Lipinski definition) is 4. The highest BCUT2D eigenvalue weighted by Gasteiger charge is 2.26. The van der Waals surface area contributed by atoms with Crippen LogP contribution in [0.4, 0.5) is 4.39 Å². The quantitative estimate of drug-likeness (QED) is 0.617. The molecule has 0 unspecified atom stereocenters. The van der Waals surface area contributed by atoms with Crippen molar-refractivity contribution in [2.45, 2.75) is 19.6 Å². The second-order valence-electron chi connectivity index (χ2n) is 6.21. The standard InChI is InChI=1S/C20H16BrFN2O3/c21-14-8-13(9-15(22)10-14)20(25)24-7-6-17-18(11-24)27-19(23-17)12-26-16-4-2-1-3-5-16/h1-5,8-10H,6-7,11-12H2. The summed E-state index contributed by atoms with van der Waals surface area (Å²) in [6.45, 7) is 1.04. The van der Waals surface area contributed by atoms with Gasteiger partial charge in [0.25, 0.3) is 5.91 Å². The van der Waals surface area contributed by atoms with Crippen molar-refractivity contribution >= 4 is 21.8 Å². The van der Waals surface area contributed by atoms with Crippen LogP contribution >= 0.6 is 15.9 Å². The summed E-state index contributed by atoms with van der Waals surface area (Å²) < 4.78 is 25.5. The monoisotopic (exact) mass is 430 g/mol. The number of hydrogen-bond donors (Lipinski definition) is 0. The highest BCUT2D eigenvalue weighted by molar-refractivity contribution is 9.10. The lowest BCUT2D eigenvalue weighted by Crippen LogP contribution is -2.35. The van der Waals surface area contributed by atoms with Gasteiger partial charge in [-0.05, 0) is 30.3 Å². The van der Waals surface area contributed by atoms with Gasteiger partial charge in [-0.25, -0.2) is 9.37 Å². The van der Waals surface area contributed by atoms with Crippen LogP contribution in [0.1, 0.15) is 27.7 Å². The van der Waals surface area contributed by atoms with Crippen molar-refractivity contribution in [3.8, 4) is 5.75 Å². The SMILES string of the molecule is O=C(c1cc(F)cc(Br)c1)N1CCc2nc(COc3ccccc3)oc2C1. The minimum absolute atomic E-state index is 0.224. The predicted molar refractivity (Wildman–Crippen MR) is 99.8 cm³/mol. The molecule has 0 radical (unpaired) electrons. The fourth-order valence-electron chi connectivity index (χ4n) is 3.01. The normalized spacial score (nSPS) is 13.3. The largest absolute Gasteiger partial charge is 0.484 e. The first kappa shape index (κ1) is 17.7. The molecule has 0 spiro atoms. The zero-order chi connectivity index (χ0) is 18.8. The summed E-state index contributed by atoms with van der Waals surface area (Å²) in [6, 6.07) is 13.6. The molecule has 0 atom stereocenters. The molecule has 4 rings (SSSR count). The number of carbonyl (C=O) groups is 1. The Labute approximate surface area is 163 Å². The molecule has 3 aromatic rings. The van der Waals surface area contributed by atoms with Crippen LogP contribution in [0.15, 0.2) is 57.4 Å². The van der Waals surface area contributed by atoms with E-state index in [9.17, 15) is 9.18 Å². The maximum Gasteiger partial charge on any atom is 0.254 e. The van der Waals surface area contributed by atoms with Gasteiger partial charge in [0, 0.05) is 23.0 Å². The highest BCUT2D eigenvalue weighted by atomic mass is 79.9. The average Bonchev–Trinajstić information content (AvgIpc) is 3.08. The van der Waals surface area contributed by atoms with Gasteiger partial charge in [0.15, 0.2) is 6.61 Å². The van der Waals surface area contributed by atoms with Gasteiger partial charge >= 0.3 is 0 Å². The first-order chi connectivity index (χ1) is 13.1. The van der Waals surface area contributed by atoms with E-state index in [1.165, 1.54) is 12.1 Å². The molecule has 27 heavy (non-hydrogen) atoms. The van der Waals surface area contributed by atoms with Gasteiger partial charge in [-0.1, -0.05) is 34.1 Å². The Morgan fingerprint density at radius 2 is 2.07 bits per heavy atom. The van der Waals surface area contributed by atoms with E-state index in [1.54, 1.807) is 11.0 Å². The van der Waals surface area contributed by atoms with Crippen molar-refractivity contribution in [3.05, 3.63) is 81.7 Å². The summed E-state index contributed by atoms with van der Waals surface area (Å²) in [5.74, 6) is 1.18. The Morgan fingerprint density at radius 1 is 1.26 bits per heavy atom. The van der Waals surface area contributed by atoms with E-state index in [4.69, 9.17) is 9.15 Å². The zero-order valence-corrected chi connectivity index (χ0v) is 15.9. The number of oxazole rings is 1. The molecule has 0 N–H and O–H groups in total. The summed E-state index contributed by atoms with van der Waals surface area (Å²) in [6.07, 6.45) is 0.590. The van der Waals surface area contributed by atoms with E-state index >= 15 is 0 Å². The number of carbonyl (C=O) groups excluding carboxylic acids is 1. The number of benzene rings is 2. The molecular weight excluding hydrogens is 415 g/mol. The average molecular weight is 431 g/mol. The van der Waals surface area contributed by atoms with E-state index in [2.05, 4.69) is 20.9 Å². The lowest BCUT2D eigenvalue weighted by molar-refractivity contribution is 0.0717. The number of rotatable bonds is 4. The Balaban J connectivity index is 1.45. The maximum atomic E-state index is 13.6. The summed E-state index contributed by atoms with van der Waals surface area (Å²) >= 11 is 3.22. The number of amides is 1. The molecule has 0 aliphatic carbocycles. The van der Waals surface area contributed by atoms with Crippen LogP contribution in [0.2, 0.25) is 0 Å². The third-order valence-corrected chi connectivity index (χ3v) is 4.74. The van der Waals surface area contributed by atoms with Crippen molar-refractivity contribution < 1.29 is 18.3 Å². The van der Waals surface area contributed by atoms with Crippen molar-refractivity contribution in [2.75, 3.05) is 6.54 Å². The number of halogens is 2. The Morgan fingerprint density at radius 3 is 2.85 bits per heavy atom. The minimum atomic E-state index is -0.453. The molecule has 0 saturated heterocycles. The van der Waals surface area contributed by atoms with Gasteiger partial charge in [-0.2, -0.15) is 0 Å². The Hall–Kier alpha value is -2.67. The van der Waals surface area contributed by atoms with Crippen LogP contribution in [0.5, 0.6) is 5.75 Å². The fourth-order valence-corrected chi connectivity index (χ4v) is 3.47. The highest BCUT2D eigenvalue weighted by Crippen LogP contribution is 2.24. The van der Waals surface area contributed by atoms with Crippen LogP contribution in [0.3, 0.4) is 0 Å². The fraction of sp³-hybridized carbons (Fsp3) is 0.200. The van der Waals surface area contributed by atoms with Gasteiger partial charge in [0.05, 0.1) is 12.2 Å². The van der Waals surface area contributed by atoms with Gasteiger partial charge in [0.2, 0.25) is 5.89 Å². The first-order valence-corrected chi connectivity index (χ1v) is 9.28. The second-order valence-corrected chi connectivity index (χ2v) is 7.13. The maximum absolute atomic E-state index is 13.6. The van der Waals surface area contributed by atoms with Crippen LogP contribution < -0.4 is 4.74 Å². The molecule has 138 valence electrons. The van der Waals surface area contributed by atoms with Crippen molar-refractivity contribution in [1.29, 1.82) is 0 Å². The molecule has 1 amide bonds. The van der Waals surface area contributed by atoms with Gasteiger partial charge < -0.3 is 14.1 Å². The number of nitrogens with zero attached hydrogens (tertiary/aromatic N) is 2. The van der Waals surface area contributed by atoms with Crippen molar-refractivity contribution in [3.63, 3.8) is 0 Å². The molecule has 1 aliphatic rings. The summed E-state index contributed by atoms with van der Waals surface area (Å²) in [4.78, 5) is 18.8. The molecule has 0 bridgehead atoms. The number of fused-ring (bicyclic) bond motifs is 1. The number of para-hydroxylation sites is 1. The Kier molecular flexibility index (Phi) is 4.94. The Bertz CT molecular complexity index is 954. The van der Waals surface area contributed by atoms with Crippen molar-refractivity contribution in [2.24, 2.45) is 0 Å². The topological polar surface area (TPSA) is 55.6 Å². The lowest BCUT2D eigenvalue weighted by atomic mass is 10.1. The van der Waals surface area contributed by atoms with Gasteiger partial charge in [0.1, 0.15) is 17.3 Å². The first-order valence-electron chi connectivity index (χ1n) is 8.49. The molecule has 0 saturated carbocycles. The van der Waals surface area contributed by atoms with E-state index in [1.807, 2.05) is 30.3 Å². The molecule has 1 aromatic heterocycles. The van der Waals surface area contributed by atoms with Gasteiger partial charge in [-0.3, -0.25) is 4.79 Å². The molecule has 1 aliphatic heterocycles. The minimum Gasteiger partial charge on any atom is -0.484 e. The summed E-state index contributed by atoms with van der Waals surface area (Å²) in [5, 5.41) is 0. The second kappa shape index (κ2) is 7.52. The predicted octanol–water partition coefficient (Wildman–Crippen LogP) is 4.35. The number of aromatic nitrogens is 1. The summed E-state index contributed by atoms with van der Waals surface area (Å²) in [5.41, 5.74) is 1.14. The van der Waals surface area contributed by atoms with E-state index in [-0.39, 0.29) is 12.5 Å². The molecule has 2 heterocycles. The van der Waals surface area contributed by atoms with Crippen LogP contribution in [0, 0.1) is 5.82 Å². The molecule has 7 heteroatoms. The molecule has 5 nitrogen and oxygen atoms in total. The zero-order valence-electron chi connectivity index (χ0n) is 14.3. The summed E-state index contributed by atoms with van der Waals surface area (Å²) in [7, 11) is 0. The lowest BCUT2D eigenvalue weighted by Gasteiger charge is -2.25. The third kappa shape index (κ3) is 4.03. The van der Waals surface area contributed by atoms with Crippen LogP contribution in [-0.4, -0.2) is 22.3 Å². The number of ether oxygens (including phenoxy) is 1.